The first-order chi connectivity index (χ1) is 19.7. The summed E-state index contributed by atoms with van der Waals surface area (Å²) in [5.74, 6) is 1.78. The van der Waals surface area contributed by atoms with Crippen LogP contribution < -0.4 is 9.64 Å². The Labute approximate surface area is 236 Å². The van der Waals surface area contributed by atoms with E-state index in [0.717, 1.165) is 50.9 Å². The molecule has 1 aromatic heterocycles. The van der Waals surface area contributed by atoms with Gasteiger partial charge in [0.2, 0.25) is 5.91 Å². The minimum Gasteiger partial charge on any atom is -0.493 e. The number of carbonyl (C=O) groups is 1. The minimum absolute atomic E-state index is 0.0395. The van der Waals surface area contributed by atoms with Crippen LogP contribution >= 0.6 is 0 Å². The van der Waals surface area contributed by atoms with Gasteiger partial charge in [-0.05, 0) is 72.5 Å². The van der Waals surface area contributed by atoms with Gasteiger partial charge >= 0.3 is 6.18 Å². The molecule has 212 valence electrons. The molecule has 0 atom stereocenters. The summed E-state index contributed by atoms with van der Waals surface area (Å²) in [6.07, 6.45) is -0.576. The number of nitrogens with zero attached hydrogens (tertiary/aromatic N) is 3. The van der Waals surface area contributed by atoms with Gasteiger partial charge in [-0.15, -0.1) is 0 Å². The fourth-order valence-corrected chi connectivity index (χ4v) is 5.58. The van der Waals surface area contributed by atoms with Gasteiger partial charge in [-0.1, -0.05) is 29.8 Å². The number of ether oxygens (including phenoxy) is 1. The van der Waals surface area contributed by atoms with Gasteiger partial charge in [-0.3, -0.25) is 4.79 Å². The van der Waals surface area contributed by atoms with Gasteiger partial charge in [0.25, 0.3) is 0 Å². The van der Waals surface area contributed by atoms with Crippen LogP contribution in [0, 0.1) is 6.92 Å². The van der Waals surface area contributed by atoms with Crippen LogP contribution in [0.15, 0.2) is 72.3 Å². The quantitative estimate of drug-likeness (QED) is 0.288. The molecular weight excluding hydrogens is 529 g/mol. The lowest BCUT2D eigenvalue weighted by atomic mass is 9.97. The molecule has 3 aromatic carbocycles. The number of hydrogen-bond donors (Lipinski definition) is 1. The zero-order valence-corrected chi connectivity index (χ0v) is 22.8. The second-order valence-electron chi connectivity index (χ2n) is 10.6. The van der Waals surface area contributed by atoms with Crippen molar-refractivity contribution in [3.8, 4) is 16.9 Å². The average molecular weight is 561 g/mol. The normalized spacial score (nSPS) is 17.3. The molecule has 1 N–H and O–H groups in total. The molecule has 1 fully saturated rings. The highest BCUT2D eigenvalue weighted by Gasteiger charge is 2.31. The van der Waals surface area contributed by atoms with Crippen LogP contribution in [-0.4, -0.2) is 53.6 Å². The van der Waals surface area contributed by atoms with Gasteiger partial charge in [0.15, 0.2) is 0 Å². The molecule has 0 radical (unpaired) electrons. The Bertz CT molecular complexity index is 1620. The number of carbonyl (C=O) groups excluding carboxylic acids is 1. The molecule has 9 heteroatoms. The predicted octanol–water partition coefficient (Wildman–Crippen LogP) is 6.55. The summed E-state index contributed by atoms with van der Waals surface area (Å²) in [4.78, 5) is 24.6. The van der Waals surface area contributed by atoms with E-state index in [1.54, 1.807) is 6.07 Å². The standard InChI is InChI=1S/C32H31F3N4O2/c1-21-36-28-9-7-24(19-29(28)37-21)23-8-10-30-25(18-23)6-5-22(11-16-41-30)17-31(40)39-14-12-38(13-15-39)27-4-2-3-26(20-27)32(33,34)35/h2-5,7-10,18-20H,6,11-17H2,1H3,(H,36,37)/b22-5+. The molecule has 0 spiro atoms. The number of halogens is 3. The first-order valence-corrected chi connectivity index (χ1v) is 13.8. The van der Waals surface area contributed by atoms with E-state index >= 15 is 0 Å². The Morgan fingerprint density at radius 2 is 1.78 bits per heavy atom. The summed E-state index contributed by atoms with van der Waals surface area (Å²) < 4.78 is 45.4. The van der Waals surface area contributed by atoms with Crippen molar-refractivity contribution in [2.24, 2.45) is 0 Å². The number of fused-ring (bicyclic) bond motifs is 2. The number of anilines is 1. The summed E-state index contributed by atoms with van der Waals surface area (Å²) in [6, 6.07) is 17.8. The highest BCUT2D eigenvalue weighted by atomic mass is 19.4. The molecule has 2 aliphatic heterocycles. The van der Waals surface area contributed by atoms with Crippen LogP contribution in [0.3, 0.4) is 0 Å². The molecule has 0 unspecified atom stereocenters. The number of aromatic nitrogens is 2. The summed E-state index contributed by atoms with van der Waals surface area (Å²) in [6.45, 7) is 4.38. The Morgan fingerprint density at radius 1 is 1.00 bits per heavy atom. The molecule has 6 rings (SSSR count). The molecule has 2 aliphatic rings. The Morgan fingerprint density at radius 3 is 2.59 bits per heavy atom. The van der Waals surface area contributed by atoms with Crippen molar-refractivity contribution in [2.75, 3.05) is 37.7 Å². The molecule has 0 saturated carbocycles. The zero-order chi connectivity index (χ0) is 28.6. The average Bonchev–Trinajstić information content (AvgIpc) is 3.34. The molecular formula is C32H31F3N4O2. The van der Waals surface area contributed by atoms with E-state index in [2.05, 4.69) is 40.3 Å². The first kappa shape index (κ1) is 26.9. The van der Waals surface area contributed by atoms with Crippen LogP contribution in [0.2, 0.25) is 0 Å². The number of rotatable bonds is 4. The number of alkyl halides is 3. The minimum atomic E-state index is -4.38. The monoisotopic (exact) mass is 560 g/mol. The van der Waals surface area contributed by atoms with Crippen LogP contribution in [0.5, 0.6) is 5.75 Å². The Hall–Kier alpha value is -4.27. The lowest BCUT2D eigenvalue weighted by molar-refractivity contribution is -0.137. The highest BCUT2D eigenvalue weighted by molar-refractivity contribution is 5.82. The van der Waals surface area contributed by atoms with Gasteiger partial charge < -0.3 is 19.5 Å². The maximum absolute atomic E-state index is 13.2. The van der Waals surface area contributed by atoms with Gasteiger partial charge in [0.05, 0.1) is 23.2 Å². The third kappa shape index (κ3) is 5.94. The smallest absolute Gasteiger partial charge is 0.416 e. The van der Waals surface area contributed by atoms with Crippen molar-refractivity contribution >= 4 is 22.6 Å². The Kier molecular flexibility index (Phi) is 7.19. The number of amides is 1. The second-order valence-corrected chi connectivity index (χ2v) is 10.6. The largest absolute Gasteiger partial charge is 0.493 e. The number of benzene rings is 3. The van der Waals surface area contributed by atoms with E-state index in [0.29, 0.717) is 57.7 Å². The summed E-state index contributed by atoms with van der Waals surface area (Å²) >= 11 is 0. The van der Waals surface area contributed by atoms with E-state index < -0.39 is 11.7 Å². The molecule has 3 heterocycles. The summed E-state index contributed by atoms with van der Waals surface area (Å²) in [5, 5.41) is 0. The van der Waals surface area contributed by atoms with Gasteiger partial charge in [0, 0.05) is 44.7 Å². The van der Waals surface area contributed by atoms with Crippen molar-refractivity contribution < 1.29 is 22.7 Å². The van der Waals surface area contributed by atoms with Crippen LogP contribution in [0.4, 0.5) is 18.9 Å². The van der Waals surface area contributed by atoms with E-state index in [1.807, 2.05) is 28.9 Å². The number of piperazine rings is 1. The molecule has 1 saturated heterocycles. The van der Waals surface area contributed by atoms with Gasteiger partial charge in [0.1, 0.15) is 11.6 Å². The van der Waals surface area contributed by atoms with Crippen molar-refractivity contribution in [1.29, 1.82) is 0 Å². The fraction of sp³-hybridized carbons (Fsp3) is 0.312. The number of nitrogens with one attached hydrogen (secondary N) is 1. The van der Waals surface area contributed by atoms with E-state index in [9.17, 15) is 18.0 Å². The fourth-order valence-electron chi connectivity index (χ4n) is 5.58. The number of imidazole rings is 1. The number of aryl methyl sites for hydroxylation is 1. The van der Waals surface area contributed by atoms with Crippen molar-refractivity contribution in [2.45, 2.75) is 32.4 Å². The molecule has 0 aliphatic carbocycles. The topological polar surface area (TPSA) is 61.5 Å². The number of H-pyrrole nitrogens is 1. The van der Waals surface area contributed by atoms with Crippen LogP contribution in [0.25, 0.3) is 22.2 Å². The van der Waals surface area contributed by atoms with Crippen LogP contribution in [-0.2, 0) is 17.4 Å². The highest BCUT2D eigenvalue weighted by Crippen LogP contribution is 2.33. The third-order valence-electron chi connectivity index (χ3n) is 7.83. The molecule has 0 bridgehead atoms. The van der Waals surface area contributed by atoms with E-state index in [-0.39, 0.29) is 5.91 Å². The molecule has 6 nitrogen and oxygen atoms in total. The second kappa shape index (κ2) is 11.0. The first-order valence-electron chi connectivity index (χ1n) is 13.8. The SMILES string of the molecule is Cc1nc2ccc(-c3ccc4c(c3)C/C=C(/CC(=O)N3CCN(c5cccc(C(F)(F)F)c5)CC3)CCO4)cc2[nH]1. The number of allylic oxidation sites excluding steroid dienone is 1. The lowest BCUT2D eigenvalue weighted by Crippen LogP contribution is -2.48. The lowest BCUT2D eigenvalue weighted by Gasteiger charge is -2.36. The van der Waals surface area contributed by atoms with Gasteiger partial charge in [-0.25, -0.2) is 4.98 Å². The molecule has 41 heavy (non-hydrogen) atoms. The van der Waals surface area contributed by atoms with Crippen molar-refractivity contribution in [3.63, 3.8) is 0 Å². The third-order valence-corrected chi connectivity index (χ3v) is 7.83. The number of hydrogen-bond acceptors (Lipinski definition) is 4. The number of aromatic amines is 1. The van der Waals surface area contributed by atoms with Crippen molar-refractivity contribution in [3.05, 3.63) is 89.3 Å². The molecule has 4 aromatic rings. The van der Waals surface area contributed by atoms with E-state index in [4.69, 9.17) is 4.74 Å². The van der Waals surface area contributed by atoms with Crippen molar-refractivity contribution in [1.82, 2.24) is 14.9 Å². The van der Waals surface area contributed by atoms with Gasteiger partial charge in [-0.2, -0.15) is 13.2 Å². The predicted molar refractivity (Wildman–Crippen MR) is 153 cm³/mol. The Balaban J connectivity index is 1.10. The zero-order valence-electron chi connectivity index (χ0n) is 22.8. The maximum Gasteiger partial charge on any atom is 0.416 e. The summed E-state index contributed by atoms with van der Waals surface area (Å²) in [5.41, 5.74) is 6.11. The maximum atomic E-state index is 13.2. The van der Waals surface area contributed by atoms with E-state index in [1.165, 1.54) is 12.1 Å². The molecule has 1 amide bonds. The van der Waals surface area contributed by atoms with Crippen LogP contribution in [0.1, 0.15) is 29.8 Å². The summed E-state index contributed by atoms with van der Waals surface area (Å²) in [7, 11) is 0.